The number of nitrogens with one attached hydrogen (secondary N) is 1. The molecular formula is C19H22BrN3O. The van der Waals surface area contributed by atoms with Crippen LogP contribution in [0.3, 0.4) is 0 Å². The molecule has 0 unspecified atom stereocenters. The fourth-order valence-corrected chi connectivity index (χ4v) is 3.50. The summed E-state index contributed by atoms with van der Waals surface area (Å²) in [5.41, 5.74) is 3.19. The van der Waals surface area contributed by atoms with Gasteiger partial charge in [0.25, 0.3) is 0 Å². The second kappa shape index (κ2) is 7.90. The maximum absolute atomic E-state index is 12.5. The van der Waals surface area contributed by atoms with Gasteiger partial charge >= 0.3 is 0 Å². The number of piperidine rings is 1. The van der Waals surface area contributed by atoms with Gasteiger partial charge in [-0.05, 0) is 78.6 Å². The van der Waals surface area contributed by atoms with Gasteiger partial charge in [0.1, 0.15) is 0 Å². The maximum atomic E-state index is 12.5. The zero-order valence-corrected chi connectivity index (χ0v) is 15.4. The van der Waals surface area contributed by atoms with Crippen molar-refractivity contribution in [1.29, 1.82) is 0 Å². The number of pyridine rings is 1. The Labute approximate surface area is 151 Å². The van der Waals surface area contributed by atoms with Gasteiger partial charge in [0.15, 0.2) is 0 Å². The molecule has 1 aromatic heterocycles. The lowest BCUT2D eigenvalue weighted by Gasteiger charge is -2.31. The number of benzene rings is 1. The number of aryl methyl sites for hydroxylation is 1. The first-order valence-corrected chi connectivity index (χ1v) is 9.10. The average molecular weight is 388 g/mol. The largest absolute Gasteiger partial charge is 0.325 e. The quantitative estimate of drug-likeness (QED) is 0.861. The van der Waals surface area contributed by atoms with Crippen molar-refractivity contribution >= 4 is 27.5 Å². The molecule has 2 heterocycles. The summed E-state index contributed by atoms with van der Waals surface area (Å²) in [6, 6.07) is 11.9. The van der Waals surface area contributed by atoms with E-state index >= 15 is 0 Å². The molecule has 0 bridgehead atoms. The van der Waals surface area contributed by atoms with Crippen LogP contribution in [0.15, 0.2) is 47.1 Å². The van der Waals surface area contributed by atoms with Crippen LogP contribution >= 0.6 is 15.9 Å². The third kappa shape index (κ3) is 4.42. The van der Waals surface area contributed by atoms with Crippen molar-refractivity contribution in [3.8, 4) is 0 Å². The second-order valence-electron chi connectivity index (χ2n) is 6.32. The summed E-state index contributed by atoms with van der Waals surface area (Å²) >= 11 is 3.47. The SMILES string of the molecule is Cc1cc(CN2CCC(C(=O)Nc3ccccc3Br)CC2)ccn1. The van der Waals surface area contributed by atoms with Crippen LogP contribution in [0.1, 0.15) is 24.1 Å². The molecule has 126 valence electrons. The highest BCUT2D eigenvalue weighted by atomic mass is 79.9. The van der Waals surface area contributed by atoms with E-state index in [0.717, 1.165) is 48.3 Å². The van der Waals surface area contributed by atoms with Gasteiger partial charge in [-0.3, -0.25) is 14.7 Å². The standard InChI is InChI=1S/C19H22BrN3O/c1-14-12-15(6-9-21-14)13-23-10-7-16(8-11-23)19(24)22-18-5-3-2-4-17(18)20/h2-6,9,12,16H,7-8,10-11,13H2,1H3,(H,22,24). The van der Waals surface area contributed by atoms with Gasteiger partial charge in [0, 0.05) is 28.8 Å². The van der Waals surface area contributed by atoms with Crippen LogP contribution < -0.4 is 5.32 Å². The summed E-state index contributed by atoms with van der Waals surface area (Å²) < 4.78 is 0.920. The van der Waals surface area contributed by atoms with E-state index in [-0.39, 0.29) is 11.8 Å². The van der Waals surface area contributed by atoms with Crippen LogP contribution in [0, 0.1) is 12.8 Å². The molecule has 1 aromatic carbocycles. The van der Waals surface area contributed by atoms with Crippen molar-refractivity contribution in [1.82, 2.24) is 9.88 Å². The summed E-state index contributed by atoms with van der Waals surface area (Å²) in [6.45, 7) is 4.86. The highest BCUT2D eigenvalue weighted by Crippen LogP contribution is 2.25. The Morgan fingerprint density at radius 1 is 1.29 bits per heavy atom. The molecule has 3 rings (SSSR count). The van der Waals surface area contributed by atoms with Gasteiger partial charge in [0.05, 0.1) is 5.69 Å². The second-order valence-corrected chi connectivity index (χ2v) is 7.18. The molecule has 0 aliphatic carbocycles. The summed E-state index contributed by atoms with van der Waals surface area (Å²) in [5, 5.41) is 3.04. The van der Waals surface area contributed by atoms with Crippen LogP contribution in [0.5, 0.6) is 0 Å². The van der Waals surface area contributed by atoms with Gasteiger partial charge in [-0.1, -0.05) is 12.1 Å². The lowest BCUT2D eigenvalue weighted by atomic mass is 9.95. The molecule has 1 amide bonds. The first-order chi connectivity index (χ1) is 11.6. The molecule has 1 fully saturated rings. The number of rotatable bonds is 4. The number of hydrogen-bond donors (Lipinski definition) is 1. The monoisotopic (exact) mass is 387 g/mol. The average Bonchev–Trinajstić information content (AvgIpc) is 2.57. The minimum Gasteiger partial charge on any atom is -0.325 e. The molecule has 1 aliphatic rings. The maximum Gasteiger partial charge on any atom is 0.227 e. The number of anilines is 1. The predicted octanol–water partition coefficient (Wildman–Crippen LogP) is 4.00. The Bertz CT molecular complexity index is 711. The topological polar surface area (TPSA) is 45.2 Å². The molecule has 0 saturated carbocycles. The van der Waals surface area contributed by atoms with E-state index in [0.29, 0.717) is 0 Å². The molecule has 0 atom stereocenters. The van der Waals surface area contributed by atoms with Gasteiger partial charge < -0.3 is 5.32 Å². The van der Waals surface area contributed by atoms with E-state index in [4.69, 9.17) is 0 Å². The lowest BCUT2D eigenvalue weighted by Crippen LogP contribution is -2.37. The molecule has 5 heteroatoms. The number of likely N-dealkylation sites (tertiary alicyclic amines) is 1. The van der Waals surface area contributed by atoms with Crippen molar-refractivity contribution in [2.45, 2.75) is 26.3 Å². The minimum absolute atomic E-state index is 0.0903. The van der Waals surface area contributed by atoms with Crippen molar-refractivity contribution in [2.75, 3.05) is 18.4 Å². The van der Waals surface area contributed by atoms with Crippen LogP contribution in [0.25, 0.3) is 0 Å². The Balaban J connectivity index is 1.51. The molecule has 1 saturated heterocycles. The van der Waals surface area contributed by atoms with Crippen molar-refractivity contribution in [3.05, 3.63) is 58.3 Å². The van der Waals surface area contributed by atoms with Crippen LogP contribution in [-0.4, -0.2) is 28.9 Å². The molecule has 24 heavy (non-hydrogen) atoms. The first kappa shape index (κ1) is 17.1. The number of para-hydroxylation sites is 1. The third-order valence-electron chi connectivity index (χ3n) is 4.46. The van der Waals surface area contributed by atoms with E-state index in [9.17, 15) is 4.79 Å². The van der Waals surface area contributed by atoms with Gasteiger partial charge in [-0.15, -0.1) is 0 Å². The van der Waals surface area contributed by atoms with E-state index in [1.807, 2.05) is 37.4 Å². The van der Waals surface area contributed by atoms with Gasteiger partial charge in [-0.2, -0.15) is 0 Å². The molecule has 0 radical (unpaired) electrons. The van der Waals surface area contributed by atoms with Crippen LogP contribution in [-0.2, 0) is 11.3 Å². The molecule has 1 aliphatic heterocycles. The Morgan fingerprint density at radius 3 is 2.75 bits per heavy atom. The van der Waals surface area contributed by atoms with E-state index < -0.39 is 0 Å². The van der Waals surface area contributed by atoms with E-state index in [1.54, 1.807) is 0 Å². The summed E-state index contributed by atoms with van der Waals surface area (Å²) in [6.07, 6.45) is 3.67. The molecule has 0 spiro atoms. The predicted molar refractivity (Wildman–Crippen MR) is 99.7 cm³/mol. The van der Waals surface area contributed by atoms with Gasteiger partial charge in [-0.25, -0.2) is 0 Å². The number of aromatic nitrogens is 1. The number of carbonyl (C=O) groups is 1. The third-order valence-corrected chi connectivity index (χ3v) is 5.15. The Kier molecular flexibility index (Phi) is 5.63. The highest BCUT2D eigenvalue weighted by Gasteiger charge is 2.25. The van der Waals surface area contributed by atoms with Crippen molar-refractivity contribution in [2.24, 2.45) is 5.92 Å². The van der Waals surface area contributed by atoms with E-state index in [2.05, 4.69) is 43.3 Å². The Hall–Kier alpha value is -1.72. The summed E-state index contributed by atoms with van der Waals surface area (Å²) in [7, 11) is 0. The number of carbonyl (C=O) groups excluding carboxylic acids is 1. The Morgan fingerprint density at radius 2 is 2.04 bits per heavy atom. The fourth-order valence-electron chi connectivity index (χ4n) is 3.11. The molecule has 2 aromatic rings. The van der Waals surface area contributed by atoms with Crippen molar-refractivity contribution in [3.63, 3.8) is 0 Å². The molecular weight excluding hydrogens is 366 g/mol. The smallest absolute Gasteiger partial charge is 0.227 e. The number of hydrogen-bond acceptors (Lipinski definition) is 3. The normalized spacial score (nSPS) is 16.1. The fraction of sp³-hybridized carbons (Fsp3) is 0.368. The summed E-state index contributed by atoms with van der Waals surface area (Å²) in [5.74, 6) is 0.217. The first-order valence-electron chi connectivity index (χ1n) is 8.31. The number of nitrogens with zero attached hydrogens (tertiary/aromatic N) is 2. The molecule has 1 N–H and O–H groups in total. The highest BCUT2D eigenvalue weighted by molar-refractivity contribution is 9.10. The zero-order chi connectivity index (χ0) is 16.9. The molecule has 4 nitrogen and oxygen atoms in total. The zero-order valence-electron chi connectivity index (χ0n) is 13.8. The minimum atomic E-state index is 0.0903. The van der Waals surface area contributed by atoms with E-state index in [1.165, 1.54) is 5.56 Å². The summed E-state index contributed by atoms with van der Waals surface area (Å²) in [4.78, 5) is 19.1. The van der Waals surface area contributed by atoms with Crippen LogP contribution in [0.2, 0.25) is 0 Å². The lowest BCUT2D eigenvalue weighted by molar-refractivity contribution is -0.121. The van der Waals surface area contributed by atoms with Crippen molar-refractivity contribution < 1.29 is 4.79 Å². The number of halogens is 1. The van der Waals surface area contributed by atoms with Crippen LogP contribution in [0.4, 0.5) is 5.69 Å². The number of amides is 1. The van der Waals surface area contributed by atoms with Gasteiger partial charge in [0.2, 0.25) is 5.91 Å².